The van der Waals surface area contributed by atoms with Crippen LogP contribution in [0.15, 0.2) is 38.8 Å². The maximum Gasteiger partial charge on any atom is 0.333 e. The fourth-order valence-electron chi connectivity index (χ4n) is 3.54. The molecular formula is C22H28N4O4S. The molecule has 8 nitrogen and oxygen atoms in total. The fourth-order valence-corrected chi connectivity index (χ4v) is 4.47. The molecular weight excluding hydrogens is 416 g/mol. The van der Waals surface area contributed by atoms with Crippen LogP contribution in [0.3, 0.4) is 0 Å². The lowest BCUT2D eigenvalue weighted by molar-refractivity contribution is -0.128. The van der Waals surface area contributed by atoms with Crippen LogP contribution in [0, 0.1) is 6.92 Å². The molecule has 0 radical (unpaired) electrons. The molecule has 1 N–H and O–H groups in total. The second-order valence-corrected chi connectivity index (χ2v) is 8.71. The number of carbonyl (C=O) groups excluding carboxylic acids is 1. The second kappa shape index (κ2) is 10.00. The van der Waals surface area contributed by atoms with Gasteiger partial charge in [0.1, 0.15) is 10.6 Å². The van der Waals surface area contributed by atoms with Crippen LogP contribution in [-0.2, 0) is 18.9 Å². The van der Waals surface area contributed by atoms with Crippen LogP contribution < -0.4 is 11.2 Å². The van der Waals surface area contributed by atoms with E-state index in [0.29, 0.717) is 5.69 Å². The molecule has 166 valence electrons. The van der Waals surface area contributed by atoms with Gasteiger partial charge in [0.2, 0.25) is 11.8 Å². The third-order valence-electron chi connectivity index (χ3n) is 5.37. The van der Waals surface area contributed by atoms with Crippen molar-refractivity contribution < 1.29 is 9.90 Å². The zero-order chi connectivity index (χ0) is 22.5. The highest BCUT2D eigenvalue weighted by Crippen LogP contribution is 2.24. The van der Waals surface area contributed by atoms with E-state index < -0.39 is 17.1 Å². The van der Waals surface area contributed by atoms with E-state index in [4.69, 9.17) is 0 Å². The largest absolute Gasteiger partial charge is 0.494 e. The standard InChI is InChI=1S/C22H28N4O4S/c1-15-9-8-10-16(13-15)23-19(18-20(28)24(2)22(30)25(3)21(18)29)31-14-17(27)26-11-6-4-5-7-12-26/h8-10,13,28H,4-7,11-12,14H2,1-3H3. The number of nitrogens with zero attached hydrogens (tertiary/aromatic N) is 4. The highest BCUT2D eigenvalue weighted by Gasteiger charge is 2.23. The number of rotatable bonds is 4. The Kier molecular flexibility index (Phi) is 7.37. The van der Waals surface area contributed by atoms with E-state index in [1.165, 1.54) is 14.1 Å². The molecule has 0 bridgehead atoms. The zero-order valence-electron chi connectivity index (χ0n) is 18.1. The topological polar surface area (TPSA) is 96.9 Å². The van der Waals surface area contributed by atoms with E-state index in [1.807, 2.05) is 30.0 Å². The van der Waals surface area contributed by atoms with Gasteiger partial charge in [-0.1, -0.05) is 36.7 Å². The molecule has 0 saturated carbocycles. The summed E-state index contributed by atoms with van der Waals surface area (Å²) in [6.45, 7) is 3.39. The summed E-state index contributed by atoms with van der Waals surface area (Å²) in [4.78, 5) is 44.2. The van der Waals surface area contributed by atoms with Gasteiger partial charge >= 0.3 is 5.69 Å². The smallest absolute Gasteiger partial charge is 0.333 e. The van der Waals surface area contributed by atoms with Crippen molar-refractivity contribution in [3.8, 4) is 5.88 Å². The fraction of sp³-hybridized carbons (Fsp3) is 0.455. The number of benzene rings is 1. The number of aryl methyl sites for hydroxylation is 1. The average Bonchev–Trinajstić information content (AvgIpc) is 3.04. The van der Waals surface area contributed by atoms with Crippen LogP contribution in [0.4, 0.5) is 5.69 Å². The molecule has 3 rings (SSSR count). The first kappa shape index (κ1) is 22.9. The maximum atomic E-state index is 12.9. The van der Waals surface area contributed by atoms with Gasteiger partial charge in [-0.3, -0.25) is 18.7 Å². The molecule has 1 fully saturated rings. The van der Waals surface area contributed by atoms with Crippen molar-refractivity contribution in [2.45, 2.75) is 32.6 Å². The van der Waals surface area contributed by atoms with E-state index in [9.17, 15) is 19.5 Å². The third kappa shape index (κ3) is 5.28. The van der Waals surface area contributed by atoms with Crippen LogP contribution in [0.2, 0.25) is 0 Å². The number of aromatic nitrogens is 2. The average molecular weight is 445 g/mol. The number of hydrogen-bond donors (Lipinski definition) is 1. The van der Waals surface area contributed by atoms with Crippen LogP contribution in [0.5, 0.6) is 5.88 Å². The van der Waals surface area contributed by atoms with Crippen molar-refractivity contribution in [2.24, 2.45) is 19.1 Å². The number of thioether (sulfide) groups is 1. The molecule has 0 aliphatic carbocycles. The van der Waals surface area contributed by atoms with Gasteiger partial charge in [0.25, 0.3) is 5.56 Å². The lowest BCUT2D eigenvalue weighted by Gasteiger charge is -2.20. The molecule has 1 amide bonds. The summed E-state index contributed by atoms with van der Waals surface area (Å²) >= 11 is 1.11. The summed E-state index contributed by atoms with van der Waals surface area (Å²) in [7, 11) is 2.74. The highest BCUT2D eigenvalue weighted by atomic mass is 32.2. The van der Waals surface area contributed by atoms with Gasteiger partial charge in [0.15, 0.2) is 0 Å². The molecule has 1 aliphatic heterocycles. The quantitative estimate of drug-likeness (QED) is 0.577. The Morgan fingerprint density at radius 3 is 2.42 bits per heavy atom. The van der Waals surface area contributed by atoms with Crippen LogP contribution in [0.1, 0.15) is 36.8 Å². The molecule has 0 spiro atoms. The predicted molar refractivity (Wildman–Crippen MR) is 123 cm³/mol. The van der Waals surface area contributed by atoms with E-state index in [0.717, 1.165) is 65.2 Å². The van der Waals surface area contributed by atoms with Crippen LogP contribution >= 0.6 is 11.8 Å². The van der Waals surface area contributed by atoms with E-state index in [1.54, 1.807) is 6.07 Å². The number of aromatic hydroxyl groups is 1. The maximum absolute atomic E-state index is 12.9. The molecule has 0 unspecified atom stereocenters. The third-order valence-corrected chi connectivity index (χ3v) is 6.33. The minimum Gasteiger partial charge on any atom is -0.494 e. The summed E-state index contributed by atoms with van der Waals surface area (Å²) < 4.78 is 1.93. The summed E-state index contributed by atoms with van der Waals surface area (Å²) in [6.07, 6.45) is 4.23. The Morgan fingerprint density at radius 1 is 1.10 bits per heavy atom. The van der Waals surface area contributed by atoms with E-state index in [-0.39, 0.29) is 22.3 Å². The predicted octanol–water partition coefficient (Wildman–Crippen LogP) is 2.31. The van der Waals surface area contributed by atoms with Crippen molar-refractivity contribution in [1.82, 2.24) is 14.0 Å². The lowest BCUT2D eigenvalue weighted by atomic mass is 10.2. The number of likely N-dealkylation sites (tertiary alicyclic amines) is 1. The van der Waals surface area contributed by atoms with Crippen molar-refractivity contribution in [3.63, 3.8) is 0 Å². The van der Waals surface area contributed by atoms with Gasteiger partial charge in [-0.15, -0.1) is 0 Å². The van der Waals surface area contributed by atoms with Crippen molar-refractivity contribution in [1.29, 1.82) is 0 Å². The Hall–Kier alpha value is -2.81. The minimum absolute atomic E-state index is 0.0232. The van der Waals surface area contributed by atoms with Crippen LogP contribution in [0.25, 0.3) is 0 Å². The summed E-state index contributed by atoms with van der Waals surface area (Å²) in [5, 5.41) is 10.8. The Morgan fingerprint density at radius 2 is 1.77 bits per heavy atom. The first-order valence-electron chi connectivity index (χ1n) is 10.3. The van der Waals surface area contributed by atoms with Crippen molar-refractivity contribution in [3.05, 3.63) is 56.2 Å². The minimum atomic E-state index is -0.651. The zero-order valence-corrected chi connectivity index (χ0v) is 18.9. The van der Waals surface area contributed by atoms with Gasteiger partial charge in [-0.2, -0.15) is 0 Å². The van der Waals surface area contributed by atoms with Crippen molar-refractivity contribution >= 4 is 28.4 Å². The second-order valence-electron chi connectivity index (χ2n) is 7.74. The first-order valence-corrected chi connectivity index (χ1v) is 11.3. The monoisotopic (exact) mass is 444 g/mol. The molecule has 0 atom stereocenters. The number of aliphatic imine (C=N–C) groups is 1. The van der Waals surface area contributed by atoms with Gasteiger partial charge in [0.05, 0.1) is 11.4 Å². The number of hydrogen-bond acceptors (Lipinski definition) is 6. The lowest BCUT2D eigenvalue weighted by Crippen LogP contribution is -2.40. The Bertz CT molecular complexity index is 1110. The van der Waals surface area contributed by atoms with Gasteiger partial charge in [0, 0.05) is 27.2 Å². The first-order chi connectivity index (χ1) is 14.8. The summed E-state index contributed by atoms with van der Waals surface area (Å²) in [5.41, 5.74) is 0.220. The molecule has 1 aliphatic rings. The SMILES string of the molecule is Cc1cccc(N=C(SCC(=O)N2CCCCCC2)c2c(O)n(C)c(=O)n(C)c2=O)c1. The molecule has 9 heteroatoms. The Balaban J connectivity index is 2.00. The molecule has 1 aromatic heterocycles. The van der Waals surface area contributed by atoms with E-state index in [2.05, 4.69) is 4.99 Å². The number of amides is 1. The molecule has 2 aromatic rings. The van der Waals surface area contributed by atoms with Gasteiger partial charge in [-0.05, 0) is 37.5 Å². The summed E-state index contributed by atoms with van der Waals surface area (Å²) in [5.74, 6) is -0.394. The van der Waals surface area contributed by atoms with Gasteiger partial charge < -0.3 is 10.0 Å². The summed E-state index contributed by atoms with van der Waals surface area (Å²) in [6, 6.07) is 7.41. The highest BCUT2D eigenvalue weighted by molar-refractivity contribution is 8.15. The molecule has 31 heavy (non-hydrogen) atoms. The molecule has 1 aromatic carbocycles. The van der Waals surface area contributed by atoms with Crippen molar-refractivity contribution in [2.75, 3.05) is 18.8 Å². The van der Waals surface area contributed by atoms with E-state index >= 15 is 0 Å². The Labute approximate surface area is 185 Å². The van der Waals surface area contributed by atoms with Gasteiger partial charge in [-0.25, -0.2) is 9.79 Å². The van der Waals surface area contributed by atoms with Crippen LogP contribution in [-0.4, -0.2) is 48.9 Å². The molecule has 2 heterocycles. The molecule has 1 saturated heterocycles. The number of carbonyl (C=O) groups is 1. The normalized spacial score (nSPS) is 15.1.